The maximum absolute atomic E-state index is 13.5. The van der Waals surface area contributed by atoms with Crippen molar-refractivity contribution < 1.29 is 18.8 Å². The van der Waals surface area contributed by atoms with Gasteiger partial charge >= 0.3 is 0 Å². The Kier molecular flexibility index (Phi) is 8.52. The molecule has 1 atom stereocenters. The Bertz CT molecular complexity index is 1420. The van der Waals surface area contributed by atoms with Crippen LogP contribution in [0.25, 0.3) is 5.69 Å². The fraction of sp³-hybridized carbons (Fsp3) is 0.200. The SMILES string of the molecule is COc1cc([C@@H](C[N+](=O)[O-])Sc2nnc(C)n2-c2ccc(Cl)cc2)cc(Cl)c1OCc1cccc(F)c1. The van der Waals surface area contributed by atoms with Crippen LogP contribution < -0.4 is 9.47 Å². The molecule has 0 unspecified atom stereocenters. The van der Waals surface area contributed by atoms with Crippen LogP contribution in [0.5, 0.6) is 11.5 Å². The Hall–Kier alpha value is -3.34. The zero-order valence-electron chi connectivity index (χ0n) is 19.7. The highest BCUT2D eigenvalue weighted by molar-refractivity contribution is 7.99. The molecule has 0 saturated carbocycles. The minimum absolute atomic E-state index is 0.0593. The molecule has 0 bridgehead atoms. The molecule has 0 fully saturated rings. The number of nitrogens with zero attached hydrogens (tertiary/aromatic N) is 4. The summed E-state index contributed by atoms with van der Waals surface area (Å²) < 4.78 is 26.6. The van der Waals surface area contributed by atoms with E-state index in [2.05, 4.69) is 10.2 Å². The Balaban J connectivity index is 1.65. The van der Waals surface area contributed by atoms with Gasteiger partial charge in [0.1, 0.15) is 23.5 Å². The van der Waals surface area contributed by atoms with Crippen molar-refractivity contribution in [1.82, 2.24) is 14.8 Å². The third-order valence-electron chi connectivity index (χ3n) is 5.34. The number of aromatic nitrogens is 3. The standard InChI is InChI=1S/C25H21Cl2FN4O4S/c1-15-29-30-25(32(15)20-8-6-18(26)7-9-20)37-23(13-31(33)34)17-11-21(27)24(22(12-17)35-2)36-14-16-4-3-5-19(28)10-16/h3-12,23H,13-14H2,1-2H3/t23-/m1/s1. The molecule has 0 radical (unpaired) electrons. The normalized spacial score (nSPS) is 11.8. The maximum Gasteiger partial charge on any atom is 0.220 e. The molecule has 0 N–H and O–H groups in total. The molecule has 0 saturated heterocycles. The number of nitro groups is 1. The third-order valence-corrected chi connectivity index (χ3v) is 7.05. The average molecular weight is 563 g/mol. The smallest absolute Gasteiger partial charge is 0.220 e. The molecule has 1 heterocycles. The quantitative estimate of drug-likeness (QED) is 0.120. The van der Waals surface area contributed by atoms with Gasteiger partial charge in [-0.3, -0.25) is 14.7 Å². The molecule has 4 rings (SSSR count). The van der Waals surface area contributed by atoms with Gasteiger partial charge in [-0.1, -0.05) is 47.1 Å². The van der Waals surface area contributed by atoms with Gasteiger partial charge in [-0.2, -0.15) is 0 Å². The Morgan fingerprint density at radius 1 is 1.14 bits per heavy atom. The van der Waals surface area contributed by atoms with Gasteiger partial charge in [0, 0.05) is 15.6 Å². The van der Waals surface area contributed by atoms with Gasteiger partial charge in [-0.05, 0) is 66.6 Å². The second-order valence-corrected chi connectivity index (χ2v) is 9.93. The molecule has 1 aromatic heterocycles. The van der Waals surface area contributed by atoms with Crippen LogP contribution in [0.4, 0.5) is 4.39 Å². The summed E-state index contributed by atoms with van der Waals surface area (Å²) in [6.45, 7) is 1.45. The Morgan fingerprint density at radius 3 is 2.57 bits per heavy atom. The molecule has 0 aliphatic carbocycles. The van der Waals surface area contributed by atoms with E-state index in [1.807, 2.05) is 12.1 Å². The summed E-state index contributed by atoms with van der Waals surface area (Å²) in [5.41, 5.74) is 1.93. The first-order valence-corrected chi connectivity index (χ1v) is 12.6. The van der Waals surface area contributed by atoms with Gasteiger partial charge in [0.15, 0.2) is 16.7 Å². The average Bonchev–Trinajstić information content (AvgIpc) is 3.22. The van der Waals surface area contributed by atoms with E-state index < -0.39 is 16.7 Å². The lowest BCUT2D eigenvalue weighted by Gasteiger charge is -2.18. The summed E-state index contributed by atoms with van der Waals surface area (Å²) in [4.78, 5) is 11.2. The van der Waals surface area contributed by atoms with Crippen LogP contribution in [-0.2, 0) is 6.61 Å². The number of rotatable bonds is 10. The lowest BCUT2D eigenvalue weighted by atomic mass is 10.1. The van der Waals surface area contributed by atoms with Crippen molar-refractivity contribution in [2.45, 2.75) is 23.9 Å². The number of methoxy groups -OCH3 is 1. The fourth-order valence-electron chi connectivity index (χ4n) is 3.63. The molecule has 0 aliphatic heterocycles. The zero-order valence-corrected chi connectivity index (χ0v) is 22.1. The number of aryl methyl sites for hydroxylation is 1. The van der Waals surface area contributed by atoms with Crippen LogP contribution >= 0.6 is 35.0 Å². The molecule has 0 spiro atoms. The maximum atomic E-state index is 13.5. The van der Waals surface area contributed by atoms with Crippen LogP contribution in [0.1, 0.15) is 22.2 Å². The van der Waals surface area contributed by atoms with Crippen molar-refractivity contribution in [3.63, 3.8) is 0 Å². The second-order valence-electron chi connectivity index (χ2n) is 7.92. The molecular weight excluding hydrogens is 542 g/mol. The van der Waals surface area contributed by atoms with Gasteiger partial charge in [-0.25, -0.2) is 4.39 Å². The number of hydrogen-bond acceptors (Lipinski definition) is 7. The third kappa shape index (κ3) is 6.51. The number of ether oxygens (including phenoxy) is 2. The summed E-state index contributed by atoms with van der Waals surface area (Å²) in [6.07, 6.45) is 0. The molecule has 12 heteroatoms. The molecule has 8 nitrogen and oxygen atoms in total. The van der Waals surface area contributed by atoms with Gasteiger partial charge in [-0.15, -0.1) is 10.2 Å². The van der Waals surface area contributed by atoms with Crippen LogP contribution in [0.2, 0.25) is 10.0 Å². The number of benzene rings is 3. The zero-order chi connectivity index (χ0) is 26.5. The molecular formula is C25H21Cl2FN4O4S. The van der Waals surface area contributed by atoms with Gasteiger partial charge in [0.05, 0.1) is 12.1 Å². The van der Waals surface area contributed by atoms with Crippen LogP contribution in [0.3, 0.4) is 0 Å². The first-order valence-electron chi connectivity index (χ1n) is 11.0. The first-order chi connectivity index (χ1) is 17.7. The molecule has 4 aromatic rings. The van der Waals surface area contributed by atoms with Crippen LogP contribution in [-0.4, -0.2) is 33.3 Å². The van der Waals surface area contributed by atoms with E-state index in [-0.39, 0.29) is 23.2 Å². The largest absolute Gasteiger partial charge is 0.493 e. The Morgan fingerprint density at radius 2 is 1.89 bits per heavy atom. The van der Waals surface area contributed by atoms with Crippen molar-refractivity contribution in [3.05, 3.63) is 104 Å². The van der Waals surface area contributed by atoms with Crippen molar-refractivity contribution in [1.29, 1.82) is 0 Å². The highest BCUT2D eigenvalue weighted by Crippen LogP contribution is 2.43. The topological polar surface area (TPSA) is 92.3 Å². The van der Waals surface area contributed by atoms with E-state index in [1.54, 1.807) is 47.9 Å². The summed E-state index contributed by atoms with van der Waals surface area (Å²) in [5, 5.41) is 20.6. The lowest BCUT2D eigenvalue weighted by molar-refractivity contribution is -0.479. The van der Waals surface area contributed by atoms with E-state index in [9.17, 15) is 14.5 Å². The van der Waals surface area contributed by atoms with E-state index >= 15 is 0 Å². The fourth-order valence-corrected chi connectivity index (χ4v) is 5.18. The predicted molar refractivity (Wildman–Crippen MR) is 140 cm³/mol. The summed E-state index contributed by atoms with van der Waals surface area (Å²) in [7, 11) is 1.45. The van der Waals surface area contributed by atoms with Gasteiger partial charge in [0.25, 0.3) is 0 Å². The van der Waals surface area contributed by atoms with E-state index in [1.165, 1.54) is 31.0 Å². The molecule has 192 valence electrons. The van der Waals surface area contributed by atoms with E-state index in [0.717, 1.165) is 5.69 Å². The molecule has 0 amide bonds. The number of hydrogen-bond donors (Lipinski definition) is 0. The van der Waals surface area contributed by atoms with Crippen LogP contribution in [0, 0.1) is 22.9 Å². The molecule has 0 aliphatic rings. The van der Waals surface area contributed by atoms with E-state index in [4.69, 9.17) is 32.7 Å². The first kappa shape index (κ1) is 26.7. The summed E-state index contributed by atoms with van der Waals surface area (Å²) in [6, 6.07) is 16.4. The minimum atomic E-state index is -0.673. The van der Waals surface area contributed by atoms with Gasteiger partial charge in [0.2, 0.25) is 6.54 Å². The predicted octanol–water partition coefficient (Wildman–Crippen LogP) is 6.72. The summed E-state index contributed by atoms with van der Waals surface area (Å²) >= 11 is 13.7. The molecule has 3 aromatic carbocycles. The second kappa shape index (κ2) is 11.8. The number of halogens is 3. The van der Waals surface area contributed by atoms with Crippen molar-refractivity contribution in [2.24, 2.45) is 0 Å². The van der Waals surface area contributed by atoms with E-state index in [0.29, 0.717) is 32.9 Å². The van der Waals surface area contributed by atoms with Gasteiger partial charge < -0.3 is 9.47 Å². The van der Waals surface area contributed by atoms with Crippen molar-refractivity contribution in [2.75, 3.05) is 13.7 Å². The summed E-state index contributed by atoms with van der Waals surface area (Å²) in [5.74, 6) is 0.780. The lowest BCUT2D eigenvalue weighted by Crippen LogP contribution is -2.12. The van der Waals surface area contributed by atoms with Crippen molar-refractivity contribution in [3.8, 4) is 17.2 Å². The van der Waals surface area contributed by atoms with Crippen LogP contribution in [0.15, 0.2) is 65.8 Å². The Labute approximate surface area is 226 Å². The molecule has 37 heavy (non-hydrogen) atoms. The highest BCUT2D eigenvalue weighted by atomic mass is 35.5. The minimum Gasteiger partial charge on any atom is -0.493 e. The highest BCUT2D eigenvalue weighted by Gasteiger charge is 2.26. The monoisotopic (exact) mass is 562 g/mol. The van der Waals surface area contributed by atoms with Crippen molar-refractivity contribution >= 4 is 35.0 Å². The number of thioether (sulfide) groups is 1.